The summed E-state index contributed by atoms with van der Waals surface area (Å²) in [6.07, 6.45) is 10.7. The van der Waals surface area contributed by atoms with Crippen LogP contribution in [0.5, 0.6) is 0 Å². The minimum atomic E-state index is 0.788. The zero-order valence-electron chi connectivity index (χ0n) is 20.2. The van der Waals surface area contributed by atoms with Gasteiger partial charge in [-0.3, -0.25) is 4.98 Å². The molecule has 1 heterocycles. The molecule has 0 spiro atoms. The lowest BCUT2D eigenvalue weighted by Crippen LogP contribution is -2.12. The second kappa shape index (κ2) is 10.7. The van der Waals surface area contributed by atoms with Crippen molar-refractivity contribution in [1.29, 1.82) is 0 Å². The highest BCUT2D eigenvalue weighted by Crippen LogP contribution is 2.24. The summed E-state index contributed by atoms with van der Waals surface area (Å²) in [4.78, 5) is 4.45. The van der Waals surface area contributed by atoms with Crippen LogP contribution in [0.25, 0.3) is 11.3 Å². The first kappa shape index (κ1) is 23.0. The average molecular weight is 437 g/mol. The van der Waals surface area contributed by atoms with Crippen molar-refractivity contribution in [2.75, 3.05) is 0 Å². The molecule has 2 heteroatoms. The van der Waals surface area contributed by atoms with E-state index in [1.807, 2.05) is 25.3 Å². The number of pyridine rings is 1. The minimum absolute atomic E-state index is 0.788. The number of hydrogen-bond acceptors (Lipinski definition) is 2. The van der Waals surface area contributed by atoms with E-state index in [0.29, 0.717) is 0 Å². The van der Waals surface area contributed by atoms with Crippen LogP contribution in [-0.2, 0) is 38.6 Å². The standard InChI is InChI=1S/C20H22N2.C11H14/c1-14(2)19-9-10-20(22-13-19)15(3)21-12-16-7-8-17-5-4-6-18(17)11-16;1-2-9-6-7-10-4-3-5-11(10)8-9/h7-11,13,21H,1,3-6,12H2,2H3;6-8H,2-5H2,1H3. The van der Waals surface area contributed by atoms with Crippen LogP contribution in [-0.4, -0.2) is 4.98 Å². The van der Waals surface area contributed by atoms with Crippen LogP contribution in [0, 0.1) is 0 Å². The maximum atomic E-state index is 4.45. The lowest BCUT2D eigenvalue weighted by molar-refractivity contribution is 0.881. The molecule has 0 aliphatic heterocycles. The van der Waals surface area contributed by atoms with Crippen molar-refractivity contribution < 1.29 is 0 Å². The molecule has 0 fully saturated rings. The topological polar surface area (TPSA) is 24.9 Å². The molecule has 3 aromatic rings. The van der Waals surface area contributed by atoms with Gasteiger partial charge in [0.2, 0.25) is 0 Å². The van der Waals surface area contributed by atoms with E-state index in [1.54, 1.807) is 11.1 Å². The molecule has 1 aromatic heterocycles. The molecule has 5 rings (SSSR count). The third-order valence-electron chi connectivity index (χ3n) is 6.81. The predicted octanol–water partition coefficient (Wildman–Crippen LogP) is 7.10. The van der Waals surface area contributed by atoms with E-state index < -0.39 is 0 Å². The molecule has 33 heavy (non-hydrogen) atoms. The SMILES string of the molecule is C=C(C)c1ccc(C(=C)NCc2ccc3c(c2)CCC3)nc1.CCc1ccc2c(c1)CCC2. The van der Waals surface area contributed by atoms with Crippen LogP contribution in [0.3, 0.4) is 0 Å². The van der Waals surface area contributed by atoms with E-state index in [1.165, 1.54) is 67.2 Å². The Kier molecular flexibility index (Phi) is 7.44. The third-order valence-corrected chi connectivity index (χ3v) is 6.81. The molecule has 0 unspecified atom stereocenters. The van der Waals surface area contributed by atoms with Crippen LogP contribution >= 0.6 is 0 Å². The number of aromatic nitrogens is 1. The molecular formula is C31H36N2. The van der Waals surface area contributed by atoms with Gasteiger partial charge in [-0.1, -0.05) is 62.5 Å². The van der Waals surface area contributed by atoms with Crippen molar-refractivity contribution in [1.82, 2.24) is 10.3 Å². The lowest BCUT2D eigenvalue weighted by atomic mass is 10.1. The van der Waals surface area contributed by atoms with Crippen LogP contribution in [0.2, 0.25) is 0 Å². The summed E-state index contributed by atoms with van der Waals surface area (Å²) in [6.45, 7) is 13.0. The zero-order valence-corrected chi connectivity index (χ0v) is 20.2. The number of nitrogens with zero attached hydrogens (tertiary/aromatic N) is 1. The highest BCUT2D eigenvalue weighted by atomic mass is 14.9. The molecule has 0 bridgehead atoms. The van der Waals surface area contributed by atoms with Gasteiger partial charge in [-0.15, -0.1) is 0 Å². The summed E-state index contributed by atoms with van der Waals surface area (Å²) in [5, 5.41) is 3.38. The Morgan fingerprint density at radius 3 is 2.00 bits per heavy atom. The van der Waals surface area contributed by atoms with Gasteiger partial charge in [-0.05, 0) is 102 Å². The number of allylic oxidation sites excluding steroid dienone is 1. The molecule has 2 nitrogen and oxygen atoms in total. The summed E-state index contributed by atoms with van der Waals surface area (Å²) in [6, 6.07) is 17.8. The number of aryl methyl sites for hydroxylation is 5. The molecule has 0 atom stereocenters. The fraction of sp³-hybridized carbons (Fsp3) is 0.323. The first-order valence-electron chi connectivity index (χ1n) is 12.3. The highest BCUT2D eigenvalue weighted by Gasteiger charge is 2.11. The molecular weight excluding hydrogens is 400 g/mol. The molecule has 0 saturated heterocycles. The second-order valence-electron chi connectivity index (χ2n) is 9.31. The molecule has 0 saturated carbocycles. The van der Waals surface area contributed by atoms with Crippen molar-refractivity contribution in [3.05, 3.63) is 113 Å². The third kappa shape index (κ3) is 5.82. The van der Waals surface area contributed by atoms with Crippen molar-refractivity contribution >= 4 is 11.3 Å². The van der Waals surface area contributed by atoms with Gasteiger partial charge in [0.25, 0.3) is 0 Å². The van der Waals surface area contributed by atoms with E-state index in [2.05, 4.69) is 66.8 Å². The first-order chi connectivity index (χ1) is 16.0. The molecule has 170 valence electrons. The minimum Gasteiger partial charge on any atom is -0.380 e. The maximum absolute atomic E-state index is 4.45. The Hall–Kier alpha value is -3.13. The fourth-order valence-corrected chi connectivity index (χ4v) is 4.70. The second-order valence-corrected chi connectivity index (χ2v) is 9.31. The highest BCUT2D eigenvalue weighted by molar-refractivity contribution is 5.64. The van der Waals surface area contributed by atoms with Crippen LogP contribution in [0.15, 0.2) is 67.9 Å². The first-order valence-corrected chi connectivity index (χ1v) is 12.3. The largest absolute Gasteiger partial charge is 0.380 e. The molecule has 0 amide bonds. The Morgan fingerprint density at radius 2 is 1.42 bits per heavy atom. The normalized spacial score (nSPS) is 13.5. The summed E-state index contributed by atoms with van der Waals surface area (Å²) in [5.41, 5.74) is 12.8. The molecule has 2 aliphatic carbocycles. The van der Waals surface area contributed by atoms with Gasteiger partial charge in [0.05, 0.1) is 11.4 Å². The molecule has 0 radical (unpaired) electrons. The average Bonchev–Trinajstić information content (AvgIpc) is 3.51. The van der Waals surface area contributed by atoms with Crippen molar-refractivity contribution in [2.24, 2.45) is 0 Å². The van der Waals surface area contributed by atoms with Crippen molar-refractivity contribution in [2.45, 2.75) is 65.3 Å². The van der Waals surface area contributed by atoms with E-state index >= 15 is 0 Å². The fourth-order valence-electron chi connectivity index (χ4n) is 4.70. The molecule has 2 aliphatic rings. The molecule has 1 N–H and O–H groups in total. The Morgan fingerprint density at radius 1 is 0.818 bits per heavy atom. The van der Waals surface area contributed by atoms with Gasteiger partial charge in [-0.25, -0.2) is 0 Å². The number of nitrogens with one attached hydrogen (secondary N) is 1. The predicted molar refractivity (Wildman–Crippen MR) is 141 cm³/mol. The number of fused-ring (bicyclic) bond motifs is 2. The number of benzene rings is 2. The Balaban J connectivity index is 0.000000196. The van der Waals surface area contributed by atoms with Crippen molar-refractivity contribution in [3.8, 4) is 0 Å². The molecule has 2 aromatic carbocycles. The van der Waals surface area contributed by atoms with Gasteiger partial charge in [0.15, 0.2) is 0 Å². The Labute approximate surface area is 199 Å². The number of hydrogen-bond donors (Lipinski definition) is 1. The van der Waals surface area contributed by atoms with Gasteiger partial charge in [0.1, 0.15) is 0 Å². The summed E-state index contributed by atoms with van der Waals surface area (Å²) in [5.74, 6) is 0. The van der Waals surface area contributed by atoms with E-state index in [0.717, 1.165) is 29.1 Å². The van der Waals surface area contributed by atoms with Gasteiger partial charge in [-0.2, -0.15) is 0 Å². The summed E-state index contributed by atoms with van der Waals surface area (Å²) in [7, 11) is 0. The van der Waals surface area contributed by atoms with Gasteiger partial charge >= 0.3 is 0 Å². The van der Waals surface area contributed by atoms with Gasteiger partial charge < -0.3 is 5.32 Å². The quantitative estimate of drug-likeness (QED) is 0.446. The Bertz CT molecular complexity index is 1140. The van der Waals surface area contributed by atoms with E-state index in [4.69, 9.17) is 0 Å². The lowest BCUT2D eigenvalue weighted by Gasteiger charge is -2.11. The van der Waals surface area contributed by atoms with E-state index in [-0.39, 0.29) is 0 Å². The zero-order chi connectivity index (χ0) is 23.2. The van der Waals surface area contributed by atoms with Crippen LogP contribution < -0.4 is 5.32 Å². The maximum Gasteiger partial charge on any atom is 0.0855 e. The van der Waals surface area contributed by atoms with Crippen LogP contribution in [0.4, 0.5) is 0 Å². The smallest absolute Gasteiger partial charge is 0.0855 e. The van der Waals surface area contributed by atoms with Crippen molar-refractivity contribution in [3.63, 3.8) is 0 Å². The monoisotopic (exact) mass is 436 g/mol. The van der Waals surface area contributed by atoms with Crippen LogP contribution in [0.1, 0.15) is 71.3 Å². The summed E-state index contributed by atoms with van der Waals surface area (Å²) < 4.78 is 0. The number of rotatable bonds is 6. The van der Waals surface area contributed by atoms with E-state index in [9.17, 15) is 0 Å². The summed E-state index contributed by atoms with van der Waals surface area (Å²) >= 11 is 0. The van der Waals surface area contributed by atoms with Gasteiger partial charge in [0, 0.05) is 12.7 Å².